The maximum Gasteiger partial charge on any atom is 0.338 e. The molecule has 0 radical (unpaired) electrons. The first-order valence-corrected chi connectivity index (χ1v) is 9.72. The van der Waals surface area contributed by atoms with E-state index >= 15 is 0 Å². The second-order valence-electron chi connectivity index (χ2n) is 7.15. The fourth-order valence-corrected chi connectivity index (χ4v) is 3.32. The number of hydrogen-bond acceptors (Lipinski definition) is 6. The van der Waals surface area contributed by atoms with Crippen LogP contribution in [0.4, 0.5) is 0 Å². The van der Waals surface area contributed by atoms with Crippen LogP contribution in [0.5, 0.6) is 0 Å². The largest absolute Gasteiger partial charge is 0.467 e. The number of esters is 1. The molecule has 1 atom stereocenters. The van der Waals surface area contributed by atoms with Gasteiger partial charge in [-0.15, -0.1) is 0 Å². The Labute approximate surface area is 179 Å². The molecule has 1 amide bonds. The Morgan fingerprint density at radius 1 is 1.16 bits per heavy atom. The maximum atomic E-state index is 12.9. The predicted octanol–water partition coefficient (Wildman–Crippen LogP) is 3.99. The van der Waals surface area contributed by atoms with Crippen LogP contribution < -0.4 is 0 Å². The second-order valence-corrected chi connectivity index (χ2v) is 7.15. The number of furan rings is 1. The van der Waals surface area contributed by atoms with E-state index in [1.54, 1.807) is 18.4 Å². The molecule has 0 fully saturated rings. The molecule has 4 rings (SSSR count). The summed E-state index contributed by atoms with van der Waals surface area (Å²) in [4.78, 5) is 25.1. The highest BCUT2D eigenvalue weighted by Gasteiger charge is 2.35. The lowest BCUT2D eigenvalue weighted by atomic mass is 10.0. The SMILES string of the molecule is Cc1ccc(C2=NN(C(=O)COC(=O)c3ccc(C#N)cc3)C(c3ccco3)C2)cc1. The number of carbonyl (C=O) groups excluding carboxylic acids is 2. The summed E-state index contributed by atoms with van der Waals surface area (Å²) < 4.78 is 10.7. The summed E-state index contributed by atoms with van der Waals surface area (Å²) >= 11 is 0. The Morgan fingerprint density at radius 3 is 2.55 bits per heavy atom. The van der Waals surface area contributed by atoms with E-state index in [2.05, 4.69) is 5.10 Å². The number of nitriles is 1. The fraction of sp³-hybridized carbons (Fsp3) is 0.167. The Bertz CT molecular complexity index is 1160. The van der Waals surface area contributed by atoms with Gasteiger partial charge in [0.1, 0.15) is 11.8 Å². The Balaban J connectivity index is 1.49. The standard InChI is InChI=1S/C24H19N3O4/c1-16-4-8-18(9-5-16)20-13-21(22-3-2-12-30-22)27(26-20)23(28)15-31-24(29)19-10-6-17(14-25)7-11-19/h2-12,21H,13,15H2,1H3. The topological polar surface area (TPSA) is 95.9 Å². The number of aryl methyl sites for hydroxylation is 1. The molecule has 7 nitrogen and oxygen atoms in total. The van der Waals surface area contributed by atoms with Gasteiger partial charge in [0.15, 0.2) is 6.61 Å². The number of nitrogens with zero attached hydrogens (tertiary/aromatic N) is 3. The van der Waals surface area contributed by atoms with Crippen LogP contribution in [0.1, 0.15) is 45.3 Å². The summed E-state index contributed by atoms with van der Waals surface area (Å²) in [5.41, 5.74) is 3.51. The van der Waals surface area contributed by atoms with Crippen LogP contribution in [0.25, 0.3) is 0 Å². The van der Waals surface area contributed by atoms with Gasteiger partial charge in [-0.1, -0.05) is 29.8 Å². The lowest BCUT2D eigenvalue weighted by molar-refractivity contribution is -0.136. The highest BCUT2D eigenvalue weighted by Crippen LogP contribution is 2.33. The Hall–Kier alpha value is -4.18. The first-order chi connectivity index (χ1) is 15.0. The van der Waals surface area contributed by atoms with E-state index in [-0.39, 0.29) is 5.56 Å². The van der Waals surface area contributed by atoms with Crippen LogP contribution >= 0.6 is 0 Å². The van der Waals surface area contributed by atoms with Crippen LogP contribution in [0.3, 0.4) is 0 Å². The number of rotatable bonds is 5. The van der Waals surface area contributed by atoms with Gasteiger partial charge in [0, 0.05) is 6.42 Å². The second kappa shape index (κ2) is 8.67. The van der Waals surface area contributed by atoms with E-state index in [1.165, 1.54) is 29.3 Å². The van der Waals surface area contributed by atoms with Crippen molar-refractivity contribution in [2.75, 3.05) is 6.61 Å². The molecule has 3 aromatic rings. The first kappa shape index (κ1) is 20.1. The number of hydrazone groups is 1. The first-order valence-electron chi connectivity index (χ1n) is 9.72. The zero-order valence-electron chi connectivity index (χ0n) is 16.8. The number of ether oxygens (including phenoxy) is 1. The molecule has 0 spiro atoms. The molecule has 0 saturated heterocycles. The van der Waals surface area contributed by atoms with E-state index in [0.29, 0.717) is 17.7 Å². The molecule has 2 aromatic carbocycles. The lowest BCUT2D eigenvalue weighted by Crippen LogP contribution is -2.31. The molecule has 2 heterocycles. The molecule has 31 heavy (non-hydrogen) atoms. The van der Waals surface area contributed by atoms with Crippen molar-refractivity contribution in [1.29, 1.82) is 5.26 Å². The zero-order chi connectivity index (χ0) is 21.8. The minimum Gasteiger partial charge on any atom is -0.467 e. The summed E-state index contributed by atoms with van der Waals surface area (Å²) in [6, 6.07) is 19.0. The molecule has 0 bridgehead atoms. The number of carbonyl (C=O) groups is 2. The minimum absolute atomic E-state index is 0.264. The van der Waals surface area contributed by atoms with Gasteiger partial charge in [0.25, 0.3) is 5.91 Å². The van der Waals surface area contributed by atoms with Gasteiger partial charge < -0.3 is 9.15 Å². The Morgan fingerprint density at radius 2 is 1.90 bits per heavy atom. The third-order valence-corrected chi connectivity index (χ3v) is 5.00. The summed E-state index contributed by atoms with van der Waals surface area (Å²) in [7, 11) is 0. The fourth-order valence-electron chi connectivity index (χ4n) is 3.32. The molecule has 1 aliphatic rings. The van der Waals surface area contributed by atoms with Crippen molar-refractivity contribution in [1.82, 2.24) is 5.01 Å². The molecular weight excluding hydrogens is 394 g/mol. The highest BCUT2D eigenvalue weighted by atomic mass is 16.5. The van der Waals surface area contributed by atoms with Gasteiger partial charge in [0.2, 0.25) is 0 Å². The van der Waals surface area contributed by atoms with Crippen LogP contribution in [0.2, 0.25) is 0 Å². The summed E-state index contributed by atoms with van der Waals surface area (Å²) in [5, 5.41) is 14.7. The van der Waals surface area contributed by atoms with Crippen LogP contribution in [0.15, 0.2) is 76.4 Å². The van der Waals surface area contributed by atoms with Crippen LogP contribution in [-0.4, -0.2) is 29.2 Å². The molecule has 0 N–H and O–H groups in total. The van der Waals surface area contributed by atoms with Crippen molar-refractivity contribution in [3.63, 3.8) is 0 Å². The predicted molar refractivity (Wildman–Crippen MR) is 112 cm³/mol. The van der Waals surface area contributed by atoms with Crippen molar-refractivity contribution >= 4 is 17.6 Å². The van der Waals surface area contributed by atoms with Crippen molar-refractivity contribution in [3.05, 3.63) is 94.9 Å². The summed E-state index contributed by atoms with van der Waals surface area (Å²) in [5.74, 6) is -0.488. The quantitative estimate of drug-likeness (QED) is 0.589. The van der Waals surface area contributed by atoms with Gasteiger partial charge >= 0.3 is 5.97 Å². The summed E-state index contributed by atoms with van der Waals surface area (Å²) in [6.45, 7) is 1.55. The molecule has 0 aliphatic carbocycles. The van der Waals surface area contributed by atoms with E-state index < -0.39 is 24.5 Å². The van der Waals surface area contributed by atoms with Gasteiger partial charge in [-0.25, -0.2) is 9.80 Å². The van der Waals surface area contributed by atoms with Crippen molar-refractivity contribution in [2.45, 2.75) is 19.4 Å². The minimum atomic E-state index is -0.644. The van der Waals surface area contributed by atoms with E-state index in [4.69, 9.17) is 14.4 Å². The molecule has 1 aliphatic heterocycles. The molecule has 7 heteroatoms. The molecule has 154 valence electrons. The average molecular weight is 413 g/mol. The van der Waals surface area contributed by atoms with Crippen LogP contribution in [0, 0.1) is 18.3 Å². The van der Waals surface area contributed by atoms with Gasteiger partial charge in [-0.3, -0.25) is 4.79 Å². The van der Waals surface area contributed by atoms with Gasteiger partial charge in [-0.2, -0.15) is 10.4 Å². The van der Waals surface area contributed by atoms with Crippen molar-refractivity contribution in [3.8, 4) is 6.07 Å². The van der Waals surface area contributed by atoms with Crippen molar-refractivity contribution in [2.24, 2.45) is 5.10 Å². The zero-order valence-corrected chi connectivity index (χ0v) is 16.8. The molecule has 1 unspecified atom stereocenters. The molecule has 1 aromatic heterocycles. The van der Waals surface area contributed by atoms with Crippen molar-refractivity contribution < 1.29 is 18.7 Å². The normalized spacial score (nSPS) is 15.3. The van der Waals surface area contributed by atoms with Gasteiger partial charge in [-0.05, 0) is 48.9 Å². The maximum absolute atomic E-state index is 12.9. The smallest absolute Gasteiger partial charge is 0.338 e. The Kier molecular flexibility index (Phi) is 5.63. The van der Waals surface area contributed by atoms with E-state index in [9.17, 15) is 9.59 Å². The van der Waals surface area contributed by atoms with E-state index in [0.717, 1.165) is 16.8 Å². The third kappa shape index (κ3) is 4.38. The lowest BCUT2D eigenvalue weighted by Gasteiger charge is -2.19. The highest BCUT2D eigenvalue weighted by molar-refractivity contribution is 6.03. The molecular formula is C24H19N3O4. The monoisotopic (exact) mass is 413 g/mol. The third-order valence-electron chi connectivity index (χ3n) is 5.00. The number of benzene rings is 2. The average Bonchev–Trinajstić information content (AvgIpc) is 3.48. The van der Waals surface area contributed by atoms with E-state index in [1.807, 2.05) is 37.3 Å². The number of hydrogen-bond donors (Lipinski definition) is 0. The molecule has 0 saturated carbocycles. The number of amides is 1. The van der Waals surface area contributed by atoms with Gasteiger partial charge in [0.05, 0.1) is 29.2 Å². The van der Waals surface area contributed by atoms with Crippen LogP contribution in [-0.2, 0) is 9.53 Å². The summed E-state index contributed by atoms with van der Waals surface area (Å²) in [6.07, 6.45) is 2.04.